The molecule has 5 nitrogen and oxygen atoms in total. The normalized spacial score (nSPS) is 25.9. The van der Waals surface area contributed by atoms with Crippen molar-refractivity contribution >= 4 is 13.2 Å². The van der Waals surface area contributed by atoms with Gasteiger partial charge in [-0.3, -0.25) is 0 Å². The number of carboxylic acid groups (broad SMARTS) is 1. The molecule has 6 heteroatoms. The Morgan fingerprint density at radius 3 is 2.41 bits per heavy atom. The molecule has 0 bridgehead atoms. The van der Waals surface area contributed by atoms with Gasteiger partial charge < -0.3 is 19.3 Å². The van der Waals surface area contributed by atoms with E-state index in [-0.39, 0.29) is 0 Å². The lowest BCUT2D eigenvalue weighted by Gasteiger charge is -2.36. The molecule has 0 spiro atoms. The Kier molecular flexibility index (Phi) is 3.49. The van der Waals surface area contributed by atoms with Gasteiger partial charge in [0.05, 0.1) is 17.1 Å². The highest BCUT2D eigenvalue weighted by atomic mass is 16.7. The molecule has 118 valence electrons. The Morgan fingerprint density at radius 1 is 1.23 bits per heavy atom. The topological polar surface area (TPSA) is 59.0 Å². The van der Waals surface area contributed by atoms with Crippen LogP contribution in [0.3, 0.4) is 0 Å². The van der Waals surface area contributed by atoms with E-state index < -0.39 is 30.4 Å². The van der Waals surface area contributed by atoms with Crippen molar-refractivity contribution in [1.29, 1.82) is 0 Å². The van der Waals surface area contributed by atoms with Crippen molar-refractivity contribution in [3.05, 3.63) is 35.4 Å². The van der Waals surface area contributed by atoms with E-state index in [1.807, 2.05) is 52.0 Å². The fraction of sp³-hybridized carbons (Fsp3) is 0.562. The Morgan fingerprint density at radius 2 is 1.82 bits per heavy atom. The Labute approximate surface area is 131 Å². The van der Waals surface area contributed by atoms with Crippen LogP contribution in [0.1, 0.15) is 44.8 Å². The Bertz CT molecular complexity index is 586. The van der Waals surface area contributed by atoms with Crippen LogP contribution in [0, 0.1) is 0 Å². The van der Waals surface area contributed by atoms with Crippen LogP contribution < -0.4 is 0 Å². The third-order valence-corrected chi connectivity index (χ3v) is 5.11. The first kappa shape index (κ1) is 15.4. The molecule has 1 saturated heterocycles. The van der Waals surface area contributed by atoms with Gasteiger partial charge in [-0.05, 0) is 45.2 Å². The van der Waals surface area contributed by atoms with E-state index in [0.717, 1.165) is 12.0 Å². The van der Waals surface area contributed by atoms with E-state index in [1.165, 1.54) is 10.5 Å². The molecule has 1 amide bonds. The summed E-state index contributed by atoms with van der Waals surface area (Å²) in [4.78, 5) is 13.1. The van der Waals surface area contributed by atoms with Crippen molar-refractivity contribution in [1.82, 2.24) is 4.90 Å². The van der Waals surface area contributed by atoms with Gasteiger partial charge in [0.1, 0.15) is 0 Å². The van der Waals surface area contributed by atoms with Crippen LogP contribution in [0.25, 0.3) is 0 Å². The number of nitrogens with zero attached hydrogens (tertiary/aromatic N) is 1. The molecule has 2 heterocycles. The molecule has 22 heavy (non-hydrogen) atoms. The van der Waals surface area contributed by atoms with Crippen LogP contribution >= 0.6 is 0 Å². The molecule has 2 aliphatic rings. The summed E-state index contributed by atoms with van der Waals surface area (Å²) in [5.41, 5.74) is 1.19. The number of hydrogen-bond donors (Lipinski definition) is 1. The molecule has 1 fully saturated rings. The van der Waals surface area contributed by atoms with Crippen LogP contribution in [-0.2, 0) is 15.7 Å². The lowest BCUT2D eigenvalue weighted by molar-refractivity contribution is 0.00578. The van der Waals surface area contributed by atoms with Crippen molar-refractivity contribution in [2.24, 2.45) is 0 Å². The minimum Gasteiger partial charge on any atom is -0.465 e. The van der Waals surface area contributed by atoms with Gasteiger partial charge in [-0.2, -0.15) is 0 Å². The maximum absolute atomic E-state index is 11.7. The monoisotopic (exact) mass is 303 g/mol. The molecule has 1 unspecified atom stereocenters. The van der Waals surface area contributed by atoms with E-state index in [2.05, 4.69) is 0 Å². The number of hydrogen-bond acceptors (Lipinski definition) is 3. The van der Waals surface area contributed by atoms with Crippen LogP contribution in [0.2, 0.25) is 0 Å². The molecule has 0 saturated carbocycles. The molecule has 1 aromatic rings. The van der Waals surface area contributed by atoms with Gasteiger partial charge in [-0.15, -0.1) is 0 Å². The first-order valence-corrected chi connectivity index (χ1v) is 7.66. The molecular weight excluding hydrogens is 281 g/mol. The standard InChI is InChI=1S/C16H22BNO4/c1-15(2)16(3,4)22-17(21-15)13-12-8-6-5-7-11(12)9-10-18(13)14(19)20/h5-8,13H,9-10H2,1-4H3,(H,19,20). The molecule has 3 rings (SSSR count). The van der Waals surface area contributed by atoms with Crippen molar-refractivity contribution < 1.29 is 19.2 Å². The fourth-order valence-electron chi connectivity index (χ4n) is 3.12. The third kappa shape index (κ3) is 2.30. The zero-order valence-electron chi connectivity index (χ0n) is 13.5. The smallest absolute Gasteiger partial charge is 0.465 e. The maximum atomic E-state index is 11.7. The molecule has 2 aliphatic heterocycles. The number of benzene rings is 1. The predicted octanol–water partition coefficient (Wildman–Crippen LogP) is 2.90. The SMILES string of the molecule is CC1(C)OB(C2c3ccccc3CCN2C(=O)O)OC1(C)C. The van der Waals surface area contributed by atoms with Crippen molar-refractivity contribution in [2.75, 3.05) is 6.54 Å². The largest absolute Gasteiger partial charge is 0.487 e. The van der Waals surface area contributed by atoms with Crippen LogP contribution in [0.15, 0.2) is 24.3 Å². The minimum atomic E-state index is -0.936. The van der Waals surface area contributed by atoms with E-state index in [4.69, 9.17) is 9.31 Å². The first-order chi connectivity index (χ1) is 10.2. The maximum Gasteiger partial charge on any atom is 0.487 e. The molecule has 1 aromatic carbocycles. The highest BCUT2D eigenvalue weighted by Crippen LogP contribution is 2.43. The minimum absolute atomic E-state index is 0.427. The number of amides is 1. The third-order valence-electron chi connectivity index (χ3n) is 5.11. The average Bonchev–Trinajstić information content (AvgIpc) is 2.65. The second kappa shape index (κ2) is 5.00. The first-order valence-electron chi connectivity index (χ1n) is 7.66. The van der Waals surface area contributed by atoms with Gasteiger partial charge in [-0.25, -0.2) is 4.79 Å². The Balaban J connectivity index is 2.01. The summed E-state index contributed by atoms with van der Waals surface area (Å²) < 4.78 is 12.2. The quantitative estimate of drug-likeness (QED) is 0.810. The van der Waals surface area contributed by atoms with E-state index in [1.54, 1.807) is 0 Å². The molecule has 0 aliphatic carbocycles. The lowest BCUT2D eigenvalue weighted by atomic mass is 9.70. The summed E-state index contributed by atoms with van der Waals surface area (Å²) in [6.45, 7) is 8.38. The Hall–Kier alpha value is -1.53. The summed E-state index contributed by atoms with van der Waals surface area (Å²) >= 11 is 0. The van der Waals surface area contributed by atoms with Gasteiger partial charge in [0, 0.05) is 6.54 Å². The lowest BCUT2D eigenvalue weighted by Crippen LogP contribution is -2.47. The number of rotatable bonds is 1. The average molecular weight is 303 g/mol. The summed E-state index contributed by atoms with van der Waals surface area (Å²) in [6.07, 6.45) is -0.215. The number of carbonyl (C=O) groups is 1. The molecule has 1 atom stereocenters. The van der Waals surface area contributed by atoms with Crippen LogP contribution in [0.4, 0.5) is 4.79 Å². The number of fused-ring (bicyclic) bond motifs is 1. The highest BCUT2D eigenvalue weighted by Gasteiger charge is 2.56. The molecule has 1 N–H and O–H groups in total. The van der Waals surface area contributed by atoms with Crippen molar-refractivity contribution in [3.8, 4) is 0 Å². The van der Waals surface area contributed by atoms with Gasteiger partial charge in [0.25, 0.3) is 0 Å². The van der Waals surface area contributed by atoms with E-state index in [0.29, 0.717) is 6.54 Å². The van der Waals surface area contributed by atoms with Gasteiger partial charge >= 0.3 is 13.2 Å². The fourth-order valence-corrected chi connectivity index (χ4v) is 3.12. The second-order valence-electron chi connectivity index (χ2n) is 6.99. The van der Waals surface area contributed by atoms with Gasteiger partial charge in [0.2, 0.25) is 0 Å². The molecular formula is C16H22BNO4. The van der Waals surface area contributed by atoms with Gasteiger partial charge in [-0.1, -0.05) is 24.3 Å². The van der Waals surface area contributed by atoms with E-state index in [9.17, 15) is 9.90 Å². The highest BCUT2D eigenvalue weighted by molar-refractivity contribution is 6.47. The molecule has 0 aromatic heterocycles. The van der Waals surface area contributed by atoms with E-state index >= 15 is 0 Å². The second-order valence-corrected chi connectivity index (χ2v) is 6.99. The van der Waals surface area contributed by atoms with Crippen molar-refractivity contribution in [3.63, 3.8) is 0 Å². The summed E-state index contributed by atoms with van der Waals surface area (Å²) in [6, 6.07) is 7.94. The zero-order valence-corrected chi connectivity index (χ0v) is 13.5. The van der Waals surface area contributed by atoms with Crippen molar-refractivity contribution in [2.45, 2.75) is 51.3 Å². The summed E-state index contributed by atoms with van der Waals surface area (Å²) in [7, 11) is -0.595. The summed E-state index contributed by atoms with van der Waals surface area (Å²) in [5, 5.41) is 9.57. The van der Waals surface area contributed by atoms with Crippen LogP contribution in [-0.4, -0.2) is 41.0 Å². The molecule has 0 radical (unpaired) electrons. The van der Waals surface area contributed by atoms with Crippen LogP contribution in [0.5, 0.6) is 0 Å². The predicted molar refractivity (Wildman–Crippen MR) is 83.7 cm³/mol. The summed E-state index contributed by atoms with van der Waals surface area (Å²) in [5.74, 6) is -0.427. The zero-order chi connectivity index (χ0) is 16.1. The van der Waals surface area contributed by atoms with Gasteiger partial charge in [0.15, 0.2) is 0 Å².